The van der Waals surface area contributed by atoms with E-state index < -0.39 is 41.3 Å². The van der Waals surface area contributed by atoms with E-state index in [0.717, 1.165) is 12.1 Å². The zero-order chi connectivity index (χ0) is 18.1. The molecule has 0 atom stereocenters. The predicted molar refractivity (Wildman–Crippen MR) is 74.6 cm³/mol. The molecule has 0 saturated carbocycles. The lowest BCUT2D eigenvalue weighted by Crippen LogP contribution is -2.49. The van der Waals surface area contributed by atoms with Crippen molar-refractivity contribution in [3.05, 3.63) is 17.7 Å². The van der Waals surface area contributed by atoms with Crippen LogP contribution in [-0.4, -0.2) is 57.3 Å². The molecule has 2 rings (SSSR count). The Bertz CT molecular complexity index is 631. The summed E-state index contributed by atoms with van der Waals surface area (Å²) < 4.78 is 36.6. The lowest BCUT2D eigenvalue weighted by atomic mass is 10.0. The number of carbonyl (C=O) groups is 2. The molecule has 2 amide bonds. The summed E-state index contributed by atoms with van der Waals surface area (Å²) in [4.78, 5) is 24.5. The summed E-state index contributed by atoms with van der Waals surface area (Å²) in [6.45, 7) is 0.202. The molecule has 1 aromatic rings. The van der Waals surface area contributed by atoms with Gasteiger partial charge in [-0.05, 0) is 25.0 Å². The first-order valence-electron chi connectivity index (χ1n) is 7.01. The molecule has 0 spiro atoms. The van der Waals surface area contributed by atoms with Crippen LogP contribution in [0.5, 0.6) is 17.2 Å². The molecule has 132 valence electrons. The van der Waals surface area contributed by atoms with E-state index in [9.17, 15) is 38.1 Å². The lowest BCUT2D eigenvalue weighted by molar-refractivity contribution is -0.174. The van der Waals surface area contributed by atoms with Crippen LogP contribution in [0, 0.1) is 0 Å². The summed E-state index contributed by atoms with van der Waals surface area (Å²) >= 11 is 0. The third kappa shape index (κ3) is 3.81. The Hall–Kier alpha value is -2.65. The fourth-order valence-corrected chi connectivity index (χ4v) is 2.40. The number of nitrogens with zero attached hydrogens (tertiary/aromatic N) is 1. The molecule has 0 radical (unpaired) electrons. The van der Waals surface area contributed by atoms with Crippen molar-refractivity contribution in [2.24, 2.45) is 0 Å². The van der Waals surface area contributed by atoms with Gasteiger partial charge < -0.3 is 25.5 Å². The zero-order valence-electron chi connectivity index (χ0n) is 12.3. The fourth-order valence-electron chi connectivity index (χ4n) is 2.40. The number of likely N-dealkylation sites (tertiary alicyclic amines) is 1. The van der Waals surface area contributed by atoms with Crippen molar-refractivity contribution in [2.45, 2.75) is 25.1 Å². The number of hydrogen-bond donors (Lipinski definition) is 4. The lowest BCUT2D eigenvalue weighted by Gasteiger charge is -2.32. The predicted octanol–water partition coefficient (Wildman–Crippen LogP) is 1.09. The van der Waals surface area contributed by atoms with Gasteiger partial charge in [-0.1, -0.05) is 0 Å². The highest BCUT2D eigenvalue weighted by Crippen LogP contribution is 2.35. The van der Waals surface area contributed by atoms with Gasteiger partial charge in [0.2, 0.25) is 0 Å². The molecule has 0 unspecified atom stereocenters. The average molecular weight is 348 g/mol. The van der Waals surface area contributed by atoms with Gasteiger partial charge in [-0.3, -0.25) is 9.59 Å². The maximum atomic E-state index is 12.3. The molecule has 1 aliphatic heterocycles. The molecular weight excluding hydrogens is 333 g/mol. The van der Waals surface area contributed by atoms with Crippen LogP contribution < -0.4 is 5.32 Å². The molecule has 1 fully saturated rings. The molecule has 24 heavy (non-hydrogen) atoms. The van der Waals surface area contributed by atoms with Gasteiger partial charge in [0.15, 0.2) is 17.2 Å². The van der Waals surface area contributed by atoms with E-state index in [1.165, 1.54) is 4.90 Å². The summed E-state index contributed by atoms with van der Waals surface area (Å²) in [5.41, 5.74) is -0.0689. The van der Waals surface area contributed by atoms with Gasteiger partial charge >= 0.3 is 12.1 Å². The summed E-state index contributed by atoms with van der Waals surface area (Å²) in [5, 5.41) is 29.9. The van der Waals surface area contributed by atoms with E-state index in [1.54, 1.807) is 0 Å². The van der Waals surface area contributed by atoms with Crippen molar-refractivity contribution in [1.82, 2.24) is 10.2 Å². The van der Waals surface area contributed by atoms with E-state index >= 15 is 0 Å². The summed E-state index contributed by atoms with van der Waals surface area (Å²) in [5.74, 6) is -4.64. The van der Waals surface area contributed by atoms with Crippen LogP contribution in [0.3, 0.4) is 0 Å². The minimum atomic E-state index is -4.95. The molecule has 10 heteroatoms. The van der Waals surface area contributed by atoms with Crippen LogP contribution in [0.4, 0.5) is 13.2 Å². The standard InChI is InChI=1S/C14H15F3N2O5/c15-14(16,17)13(24)18-8-1-3-19(4-2-8)12(23)7-5-9(20)11(22)10(21)6-7/h5-6,8,20-22H,1-4H2,(H,18,24). The van der Waals surface area contributed by atoms with Crippen LogP contribution in [0.1, 0.15) is 23.2 Å². The monoisotopic (exact) mass is 348 g/mol. The summed E-state index contributed by atoms with van der Waals surface area (Å²) in [6, 6.07) is 1.27. The molecule has 7 nitrogen and oxygen atoms in total. The second-order valence-corrected chi connectivity index (χ2v) is 5.40. The number of rotatable bonds is 2. The number of phenols is 3. The second-order valence-electron chi connectivity index (χ2n) is 5.40. The van der Waals surface area contributed by atoms with E-state index in [1.807, 2.05) is 5.32 Å². The normalized spacial score (nSPS) is 16.0. The minimum absolute atomic E-state index is 0.0689. The Kier molecular flexibility index (Phi) is 4.76. The Morgan fingerprint density at radius 1 is 1.08 bits per heavy atom. The van der Waals surface area contributed by atoms with Crippen molar-refractivity contribution < 1.29 is 38.1 Å². The van der Waals surface area contributed by atoms with Gasteiger partial charge in [0, 0.05) is 24.7 Å². The SMILES string of the molecule is O=C(c1cc(O)c(O)c(O)c1)N1CCC(NC(=O)C(F)(F)F)CC1. The van der Waals surface area contributed by atoms with E-state index in [0.29, 0.717) is 0 Å². The number of hydrogen-bond acceptors (Lipinski definition) is 5. The quantitative estimate of drug-likeness (QED) is 0.598. The number of amides is 2. The van der Waals surface area contributed by atoms with Crippen LogP contribution in [0.2, 0.25) is 0 Å². The summed E-state index contributed by atoms with van der Waals surface area (Å²) in [7, 11) is 0. The Labute approximate surface area is 134 Å². The molecule has 1 aliphatic rings. The first-order valence-corrected chi connectivity index (χ1v) is 7.01. The number of nitrogens with one attached hydrogen (secondary N) is 1. The number of benzene rings is 1. The van der Waals surface area contributed by atoms with E-state index in [-0.39, 0.29) is 31.5 Å². The topological polar surface area (TPSA) is 110 Å². The highest BCUT2D eigenvalue weighted by molar-refractivity contribution is 5.95. The first kappa shape index (κ1) is 17.7. The molecule has 0 bridgehead atoms. The van der Waals surface area contributed by atoms with Crippen molar-refractivity contribution in [2.75, 3.05) is 13.1 Å². The van der Waals surface area contributed by atoms with Crippen LogP contribution in [0.25, 0.3) is 0 Å². The first-order chi connectivity index (χ1) is 11.1. The maximum absolute atomic E-state index is 12.3. The van der Waals surface area contributed by atoms with Gasteiger partial charge in [0.25, 0.3) is 5.91 Å². The molecule has 0 aliphatic carbocycles. The van der Waals surface area contributed by atoms with E-state index in [2.05, 4.69) is 0 Å². The Morgan fingerprint density at radius 3 is 2.04 bits per heavy atom. The number of piperidine rings is 1. The average Bonchev–Trinajstić information content (AvgIpc) is 2.51. The van der Waals surface area contributed by atoms with Gasteiger partial charge in [-0.15, -0.1) is 0 Å². The highest BCUT2D eigenvalue weighted by atomic mass is 19.4. The zero-order valence-corrected chi connectivity index (χ0v) is 12.3. The molecule has 0 aromatic heterocycles. The summed E-state index contributed by atoms with van der Waals surface area (Å²) in [6.07, 6.45) is -4.67. The fraction of sp³-hybridized carbons (Fsp3) is 0.429. The highest BCUT2D eigenvalue weighted by Gasteiger charge is 2.40. The smallest absolute Gasteiger partial charge is 0.471 e. The maximum Gasteiger partial charge on any atom is 0.471 e. The van der Waals surface area contributed by atoms with Crippen LogP contribution in [0.15, 0.2) is 12.1 Å². The molecule has 1 heterocycles. The number of phenolic OH excluding ortho intramolecular Hbond substituents is 3. The molecule has 1 saturated heterocycles. The van der Waals surface area contributed by atoms with Crippen molar-refractivity contribution in [1.29, 1.82) is 0 Å². The Morgan fingerprint density at radius 2 is 1.58 bits per heavy atom. The number of alkyl halides is 3. The van der Waals surface area contributed by atoms with Crippen LogP contribution in [-0.2, 0) is 4.79 Å². The van der Waals surface area contributed by atoms with Gasteiger partial charge in [-0.25, -0.2) is 0 Å². The van der Waals surface area contributed by atoms with Crippen LogP contribution >= 0.6 is 0 Å². The molecule has 1 aromatic carbocycles. The van der Waals surface area contributed by atoms with Crippen molar-refractivity contribution in [3.63, 3.8) is 0 Å². The molecule has 4 N–H and O–H groups in total. The molecular formula is C14H15F3N2O5. The third-order valence-electron chi connectivity index (χ3n) is 3.69. The minimum Gasteiger partial charge on any atom is -0.504 e. The van der Waals surface area contributed by atoms with E-state index in [4.69, 9.17) is 0 Å². The van der Waals surface area contributed by atoms with Gasteiger partial charge in [-0.2, -0.15) is 13.2 Å². The van der Waals surface area contributed by atoms with Crippen molar-refractivity contribution >= 4 is 11.8 Å². The van der Waals surface area contributed by atoms with Crippen molar-refractivity contribution in [3.8, 4) is 17.2 Å². The largest absolute Gasteiger partial charge is 0.504 e. The Balaban J connectivity index is 1.97. The third-order valence-corrected chi connectivity index (χ3v) is 3.69. The number of halogens is 3. The van der Waals surface area contributed by atoms with Gasteiger partial charge in [0.1, 0.15) is 0 Å². The number of carbonyl (C=O) groups excluding carboxylic acids is 2. The number of aromatic hydroxyl groups is 3. The van der Waals surface area contributed by atoms with Gasteiger partial charge in [0.05, 0.1) is 0 Å². The second kappa shape index (κ2) is 6.46.